The van der Waals surface area contributed by atoms with Crippen LogP contribution in [0.5, 0.6) is 0 Å². The second kappa shape index (κ2) is 4.83. The van der Waals surface area contributed by atoms with Gasteiger partial charge in [-0.05, 0) is 38.1 Å². The highest BCUT2D eigenvalue weighted by Crippen LogP contribution is 2.28. The van der Waals surface area contributed by atoms with E-state index in [0.717, 1.165) is 6.54 Å². The van der Waals surface area contributed by atoms with Crippen LogP contribution in [0.25, 0.3) is 0 Å². The first-order chi connectivity index (χ1) is 9.61. The van der Waals surface area contributed by atoms with E-state index in [1.807, 2.05) is 4.90 Å². The van der Waals surface area contributed by atoms with Gasteiger partial charge in [0.2, 0.25) is 0 Å². The molecule has 0 spiro atoms. The van der Waals surface area contributed by atoms with Gasteiger partial charge in [0.1, 0.15) is 5.76 Å². The molecule has 2 aromatic heterocycles. The summed E-state index contributed by atoms with van der Waals surface area (Å²) in [6.45, 7) is 5.98. The average molecular weight is 273 g/mol. The largest absolute Gasteiger partial charge is 0.455 e. The second-order valence-corrected chi connectivity index (χ2v) is 5.20. The Hall–Kier alpha value is -2.01. The number of hydrogen-bond acceptors (Lipinski definition) is 3. The summed E-state index contributed by atoms with van der Waals surface area (Å²) in [5, 5.41) is 0. The van der Waals surface area contributed by atoms with Crippen LogP contribution >= 0.6 is 0 Å². The van der Waals surface area contributed by atoms with Crippen LogP contribution in [0.4, 0.5) is 0 Å². The standard InChI is InChI=1S/C15H19N3O2/c1-10-3-5-13-11(2)18(8-7-17(10)13)15(19)14-6-4-12(9-16)20-14/h3-6,11H,7-9,16H2,1-2H3. The van der Waals surface area contributed by atoms with Crippen molar-refractivity contribution < 1.29 is 9.21 Å². The van der Waals surface area contributed by atoms with Gasteiger partial charge >= 0.3 is 0 Å². The number of fused-ring (bicyclic) bond motifs is 1. The van der Waals surface area contributed by atoms with Crippen molar-refractivity contribution in [2.45, 2.75) is 33.0 Å². The summed E-state index contributed by atoms with van der Waals surface area (Å²) in [6, 6.07) is 7.70. The lowest BCUT2D eigenvalue weighted by molar-refractivity contribution is 0.0608. The van der Waals surface area contributed by atoms with Crippen molar-refractivity contribution in [3.05, 3.63) is 47.2 Å². The van der Waals surface area contributed by atoms with Gasteiger partial charge in [0.05, 0.1) is 12.6 Å². The molecule has 0 radical (unpaired) electrons. The monoisotopic (exact) mass is 273 g/mol. The van der Waals surface area contributed by atoms with Gasteiger partial charge in [0.25, 0.3) is 5.91 Å². The molecule has 106 valence electrons. The molecule has 20 heavy (non-hydrogen) atoms. The summed E-state index contributed by atoms with van der Waals surface area (Å²) in [5.74, 6) is 0.938. The molecule has 1 atom stereocenters. The Balaban J connectivity index is 1.86. The number of furan rings is 1. The maximum absolute atomic E-state index is 12.5. The van der Waals surface area contributed by atoms with Gasteiger partial charge < -0.3 is 19.6 Å². The maximum Gasteiger partial charge on any atom is 0.290 e. The first kappa shape index (κ1) is 13.0. The van der Waals surface area contributed by atoms with Crippen LogP contribution in [0.3, 0.4) is 0 Å². The molecular formula is C15H19N3O2. The summed E-state index contributed by atoms with van der Waals surface area (Å²) in [4.78, 5) is 14.4. The van der Waals surface area contributed by atoms with Crippen molar-refractivity contribution in [2.24, 2.45) is 5.73 Å². The maximum atomic E-state index is 12.5. The molecule has 2 N–H and O–H groups in total. The third-order valence-corrected chi connectivity index (χ3v) is 4.03. The molecule has 5 nitrogen and oxygen atoms in total. The van der Waals surface area contributed by atoms with Crippen LogP contribution in [0.15, 0.2) is 28.7 Å². The van der Waals surface area contributed by atoms with Gasteiger partial charge in [-0.1, -0.05) is 0 Å². The van der Waals surface area contributed by atoms with Gasteiger partial charge in [-0.3, -0.25) is 4.79 Å². The Bertz CT molecular complexity index is 641. The zero-order chi connectivity index (χ0) is 14.3. The van der Waals surface area contributed by atoms with Gasteiger partial charge in [0, 0.05) is 24.5 Å². The van der Waals surface area contributed by atoms with Crippen molar-refractivity contribution in [3.8, 4) is 0 Å². The summed E-state index contributed by atoms with van der Waals surface area (Å²) < 4.78 is 7.73. The summed E-state index contributed by atoms with van der Waals surface area (Å²) in [7, 11) is 0. The molecule has 0 aromatic carbocycles. The van der Waals surface area contributed by atoms with Crippen LogP contribution in [-0.4, -0.2) is 21.9 Å². The Morgan fingerprint density at radius 2 is 2.15 bits per heavy atom. The van der Waals surface area contributed by atoms with Gasteiger partial charge in [-0.2, -0.15) is 0 Å². The van der Waals surface area contributed by atoms with Crippen LogP contribution in [0, 0.1) is 6.92 Å². The number of aryl methyl sites for hydroxylation is 1. The number of rotatable bonds is 2. The average Bonchev–Trinajstić information content (AvgIpc) is 3.06. The van der Waals surface area contributed by atoms with Crippen LogP contribution in [-0.2, 0) is 13.1 Å². The van der Waals surface area contributed by atoms with E-state index in [1.165, 1.54) is 11.4 Å². The van der Waals surface area contributed by atoms with E-state index in [2.05, 4.69) is 30.5 Å². The summed E-state index contributed by atoms with van der Waals surface area (Å²) >= 11 is 0. The zero-order valence-electron chi connectivity index (χ0n) is 11.8. The molecule has 5 heteroatoms. The second-order valence-electron chi connectivity index (χ2n) is 5.20. The summed E-state index contributed by atoms with van der Waals surface area (Å²) in [6.07, 6.45) is 0. The highest BCUT2D eigenvalue weighted by atomic mass is 16.4. The highest BCUT2D eigenvalue weighted by molar-refractivity contribution is 5.91. The smallest absolute Gasteiger partial charge is 0.290 e. The molecule has 0 aliphatic carbocycles. The van der Waals surface area contributed by atoms with Crippen LogP contribution in [0.1, 0.15) is 40.7 Å². The predicted octanol–water partition coefficient (Wildman–Crippen LogP) is 2.07. The fourth-order valence-corrected chi connectivity index (χ4v) is 2.84. The minimum absolute atomic E-state index is 0.0522. The minimum atomic E-state index is -0.0673. The van der Waals surface area contributed by atoms with Crippen molar-refractivity contribution in [1.29, 1.82) is 0 Å². The Labute approximate surface area is 118 Å². The predicted molar refractivity (Wildman–Crippen MR) is 75.2 cm³/mol. The lowest BCUT2D eigenvalue weighted by Gasteiger charge is -2.34. The minimum Gasteiger partial charge on any atom is -0.455 e. The topological polar surface area (TPSA) is 64.4 Å². The lowest BCUT2D eigenvalue weighted by atomic mass is 10.1. The van der Waals surface area contributed by atoms with Gasteiger partial charge in [0.15, 0.2) is 5.76 Å². The summed E-state index contributed by atoms with van der Waals surface area (Å²) in [5.41, 5.74) is 7.93. The SMILES string of the molecule is Cc1ccc2n1CCN(C(=O)c1ccc(CN)o1)C2C. The van der Waals surface area contributed by atoms with Crippen molar-refractivity contribution >= 4 is 5.91 Å². The molecule has 0 bridgehead atoms. The highest BCUT2D eigenvalue weighted by Gasteiger charge is 2.30. The van der Waals surface area contributed by atoms with Crippen molar-refractivity contribution in [1.82, 2.24) is 9.47 Å². The first-order valence-corrected chi connectivity index (χ1v) is 6.87. The third-order valence-electron chi connectivity index (χ3n) is 4.03. The van der Waals surface area contributed by atoms with Crippen LogP contribution < -0.4 is 5.73 Å². The molecule has 0 saturated carbocycles. The van der Waals surface area contributed by atoms with E-state index in [4.69, 9.17) is 10.2 Å². The molecule has 3 rings (SSSR count). The molecular weight excluding hydrogens is 254 g/mol. The molecule has 1 aliphatic heterocycles. The normalized spacial score (nSPS) is 18.1. The quantitative estimate of drug-likeness (QED) is 0.911. The van der Waals surface area contributed by atoms with Gasteiger partial charge in [-0.25, -0.2) is 0 Å². The van der Waals surface area contributed by atoms with E-state index >= 15 is 0 Å². The number of carbonyl (C=O) groups is 1. The number of hydrogen-bond donors (Lipinski definition) is 1. The van der Waals surface area contributed by atoms with E-state index < -0.39 is 0 Å². The Morgan fingerprint density at radius 3 is 2.85 bits per heavy atom. The number of amides is 1. The Kier molecular flexibility index (Phi) is 3.14. The molecule has 1 amide bonds. The van der Waals surface area contributed by atoms with E-state index in [-0.39, 0.29) is 11.9 Å². The molecule has 0 fully saturated rings. The molecule has 3 heterocycles. The van der Waals surface area contributed by atoms with Crippen molar-refractivity contribution in [3.63, 3.8) is 0 Å². The third kappa shape index (κ3) is 1.94. The number of nitrogens with zero attached hydrogens (tertiary/aromatic N) is 2. The molecule has 1 unspecified atom stereocenters. The molecule has 1 aliphatic rings. The van der Waals surface area contributed by atoms with E-state index in [1.54, 1.807) is 12.1 Å². The van der Waals surface area contributed by atoms with Gasteiger partial charge in [-0.15, -0.1) is 0 Å². The van der Waals surface area contributed by atoms with Crippen LogP contribution in [0.2, 0.25) is 0 Å². The molecule has 2 aromatic rings. The van der Waals surface area contributed by atoms with E-state index in [9.17, 15) is 4.79 Å². The fourth-order valence-electron chi connectivity index (χ4n) is 2.84. The number of aromatic nitrogens is 1. The van der Waals surface area contributed by atoms with Crippen molar-refractivity contribution in [2.75, 3.05) is 6.54 Å². The first-order valence-electron chi connectivity index (χ1n) is 6.87. The number of nitrogens with two attached hydrogens (primary N) is 1. The lowest BCUT2D eigenvalue weighted by Crippen LogP contribution is -2.40. The zero-order valence-corrected chi connectivity index (χ0v) is 11.8. The number of carbonyl (C=O) groups excluding carboxylic acids is 1. The van der Waals surface area contributed by atoms with E-state index in [0.29, 0.717) is 24.6 Å². The fraction of sp³-hybridized carbons (Fsp3) is 0.400. The molecule has 0 saturated heterocycles. The Morgan fingerprint density at radius 1 is 1.35 bits per heavy atom.